The van der Waals surface area contributed by atoms with Crippen molar-refractivity contribution in [1.29, 1.82) is 0 Å². The third-order valence-corrected chi connectivity index (χ3v) is 3.93. The van der Waals surface area contributed by atoms with Gasteiger partial charge in [-0.15, -0.1) is 0 Å². The Bertz CT molecular complexity index is 468. The lowest BCUT2D eigenvalue weighted by atomic mass is 10.4. The molecule has 8 heteroatoms. The van der Waals surface area contributed by atoms with E-state index >= 15 is 0 Å². The molecule has 0 atom stereocenters. The summed E-state index contributed by atoms with van der Waals surface area (Å²) >= 11 is 0. The predicted molar refractivity (Wildman–Crippen MR) is 71.5 cm³/mol. The molecule has 0 saturated carbocycles. The Hall–Kier alpha value is -1.12. The smallest absolute Gasteiger partial charge is 0.302 e. The molecule has 18 heavy (non-hydrogen) atoms. The van der Waals surface area contributed by atoms with Gasteiger partial charge in [0.05, 0.1) is 0 Å². The summed E-state index contributed by atoms with van der Waals surface area (Å²) in [6.07, 6.45) is 2.36. The van der Waals surface area contributed by atoms with Gasteiger partial charge in [-0.05, 0) is 26.8 Å². The Morgan fingerprint density at radius 1 is 1.56 bits per heavy atom. The van der Waals surface area contributed by atoms with Crippen molar-refractivity contribution in [2.45, 2.75) is 26.3 Å². The summed E-state index contributed by atoms with van der Waals surface area (Å²) in [5, 5.41) is 4.13. The van der Waals surface area contributed by atoms with E-state index in [4.69, 9.17) is 5.73 Å². The highest BCUT2D eigenvalue weighted by Crippen LogP contribution is 2.11. The number of nitrogens with one attached hydrogen (secondary N) is 1. The summed E-state index contributed by atoms with van der Waals surface area (Å²) in [6.45, 7) is 4.79. The first-order valence-electron chi connectivity index (χ1n) is 5.86. The average Bonchev–Trinajstić information content (AvgIpc) is 2.73. The van der Waals surface area contributed by atoms with Gasteiger partial charge in [-0.3, -0.25) is 9.40 Å². The highest BCUT2D eigenvalue weighted by molar-refractivity contribution is 7.90. The molecule has 3 N–H and O–H groups in total. The van der Waals surface area contributed by atoms with Crippen molar-refractivity contribution in [1.82, 2.24) is 14.1 Å². The van der Waals surface area contributed by atoms with Crippen LogP contribution in [0.4, 0.5) is 5.82 Å². The molecule has 0 aliphatic heterocycles. The topological polar surface area (TPSA) is 93.2 Å². The number of nitrogens with two attached hydrogens (primary N) is 1. The first-order chi connectivity index (χ1) is 8.36. The molecule has 0 amide bonds. The van der Waals surface area contributed by atoms with Crippen molar-refractivity contribution in [2.75, 3.05) is 24.9 Å². The van der Waals surface area contributed by atoms with Crippen LogP contribution in [0.5, 0.6) is 0 Å². The minimum atomic E-state index is -3.55. The Kier molecular flexibility index (Phi) is 5.12. The van der Waals surface area contributed by atoms with Crippen molar-refractivity contribution in [3.8, 4) is 0 Å². The summed E-state index contributed by atoms with van der Waals surface area (Å²) in [6, 6.07) is 1.83. The van der Waals surface area contributed by atoms with E-state index in [2.05, 4.69) is 9.82 Å². The highest BCUT2D eigenvalue weighted by Gasteiger charge is 2.18. The molecule has 0 radical (unpaired) electrons. The normalized spacial score (nSPS) is 12.3. The fourth-order valence-corrected chi connectivity index (χ4v) is 2.22. The molecule has 0 aliphatic carbocycles. The maximum absolute atomic E-state index is 11.9. The Morgan fingerprint density at radius 3 is 2.72 bits per heavy atom. The van der Waals surface area contributed by atoms with Gasteiger partial charge < -0.3 is 5.73 Å². The zero-order valence-electron chi connectivity index (χ0n) is 11.0. The number of nitrogens with zero attached hydrogens (tertiary/aromatic N) is 3. The fourth-order valence-electron chi connectivity index (χ4n) is 1.32. The fraction of sp³-hybridized carbons (Fsp3) is 0.700. The quantitative estimate of drug-likeness (QED) is 0.753. The lowest BCUT2D eigenvalue weighted by Gasteiger charge is -2.16. The van der Waals surface area contributed by atoms with Crippen LogP contribution >= 0.6 is 0 Å². The van der Waals surface area contributed by atoms with Crippen LogP contribution in [-0.2, 0) is 10.2 Å². The lowest BCUT2D eigenvalue weighted by Crippen LogP contribution is -2.34. The number of aromatic nitrogens is 2. The second kappa shape index (κ2) is 6.17. The van der Waals surface area contributed by atoms with Crippen LogP contribution in [-0.4, -0.2) is 42.6 Å². The number of rotatable bonds is 7. The van der Waals surface area contributed by atoms with Crippen LogP contribution in [0.1, 0.15) is 26.3 Å². The van der Waals surface area contributed by atoms with E-state index in [0.717, 1.165) is 0 Å². The highest BCUT2D eigenvalue weighted by atomic mass is 32.2. The molecular weight excluding hydrogens is 254 g/mol. The van der Waals surface area contributed by atoms with E-state index in [1.165, 1.54) is 11.4 Å². The molecule has 1 aromatic heterocycles. The molecule has 0 fully saturated rings. The first-order valence-corrected chi connectivity index (χ1v) is 7.30. The molecule has 104 valence electrons. The van der Waals surface area contributed by atoms with Crippen LogP contribution in [0.2, 0.25) is 0 Å². The monoisotopic (exact) mass is 275 g/mol. The van der Waals surface area contributed by atoms with Crippen LogP contribution in [0.15, 0.2) is 12.3 Å². The summed E-state index contributed by atoms with van der Waals surface area (Å²) < 4.78 is 29.2. The minimum Gasteiger partial charge on any atom is -0.330 e. The molecule has 0 spiro atoms. The van der Waals surface area contributed by atoms with Crippen LogP contribution in [0.25, 0.3) is 0 Å². The van der Waals surface area contributed by atoms with Crippen LogP contribution < -0.4 is 10.5 Å². The first kappa shape index (κ1) is 14.9. The molecular formula is C10H21N5O2S. The third-order valence-electron chi connectivity index (χ3n) is 2.46. The van der Waals surface area contributed by atoms with Gasteiger partial charge in [0.25, 0.3) is 0 Å². The van der Waals surface area contributed by atoms with Crippen molar-refractivity contribution in [2.24, 2.45) is 5.73 Å². The third kappa shape index (κ3) is 3.97. The molecule has 1 rings (SSSR count). The van der Waals surface area contributed by atoms with E-state index in [9.17, 15) is 8.42 Å². The van der Waals surface area contributed by atoms with Crippen molar-refractivity contribution in [3.05, 3.63) is 12.3 Å². The van der Waals surface area contributed by atoms with Crippen LogP contribution in [0, 0.1) is 0 Å². The summed E-state index contributed by atoms with van der Waals surface area (Å²) in [4.78, 5) is 0. The van der Waals surface area contributed by atoms with Gasteiger partial charge in [-0.2, -0.15) is 17.8 Å². The predicted octanol–water partition coefficient (Wildman–Crippen LogP) is 0.401. The number of hydrogen-bond donors (Lipinski definition) is 2. The zero-order valence-corrected chi connectivity index (χ0v) is 11.8. The Morgan fingerprint density at radius 2 is 2.22 bits per heavy atom. The molecule has 1 aromatic rings. The van der Waals surface area contributed by atoms with Crippen molar-refractivity contribution < 1.29 is 8.42 Å². The SMILES string of the molecule is CC(C)n1ccc(NS(=O)(=O)N(C)CCCN)n1. The molecule has 0 aromatic carbocycles. The standard InChI is InChI=1S/C10H21N5O2S/c1-9(2)15-8-5-10(12-15)13-18(16,17)14(3)7-4-6-11/h5,8-9H,4,6-7,11H2,1-3H3,(H,12,13). The minimum absolute atomic E-state index is 0.193. The molecule has 1 heterocycles. The van der Waals surface area contributed by atoms with E-state index < -0.39 is 10.2 Å². The van der Waals surface area contributed by atoms with Gasteiger partial charge in [-0.1, -0.05) is 0 Å². The van der Waals surface area contributed by atoms with E-state index in [1.807, 2.05) is 13.8 Å². The zero-order chi connectivity index (χ0) is 13.8. The Labute approximate surface area is 108 Å². The van der Waals surface area contributed by atoms with Gasteiger partial charge in [-0.25, -0.2) is 0 Å². The van der Waals surface area contributed by atoms with Crippen LogP contribution in [0.3, 0.4) is 0 Å². The Balaban J connectivity index is 2.69. The van der Waals surface area contributed by atoms with Gasteiger partial charge in [0, 0.05) is 31.9 Å². The lowest BCUT2D eigenvalue weighted by molar-refractivity contribution is 0.468. The van der Waals surface area contributed by atoms with Gasteiger partial charge in [0.15, 0.2) is 5.82 Å². The number of hydrogen-bond acceptors (Lipinski definition) is 4. The van der Waals surface area contributed by atoms with Gasteiger partial charge >= 0.3 is 10.2 Å². The summed E-state index contributed by atoms with van der Waals surface area (Å²) in [7, 11) is -2.03. The molecule has 0 aliphatic rings. The largest absolute Gasteiger partial charge is 0.330 e. The van der Waals surface area contributed by atoms with E-state index in [0.29, 0.717) is 25.3 Å². The van der Waals surface area contributed by atoms with Gasteiger partial charge in [0.1, 0.15) is 0 Å². The van der Waals surface area contributed by atoms with E-state index in [1.54, 1.807) is 16.9 Å². The number of anilines is 1. The molecule has 0 bridgehead atoms. The maximum atomic E-state index is 11.9. The summed E-state index contributed by atoms with van der Waals surface area (Å²) in [5.74, 6) is 0.322. The van der Waals surface area contributed by atoms with Crippen molar-refractivity contribution in [3.63, 3.8) is 0 Å². The average molecular weight is 275 g/mol. The molecule has 0 unspecified atom stereocenters. The molecule has 7 nitrogen and oxygen atoms in total. The molecule has 0 saturated heterocycles. The second-order valence-electron chi connectivity index (χ2n) is 4.35. The van der Waals surface area contributed by atoms with E-state index in [-0.39, 0.29) is 6.04 Å². The van der Waals surface area contributed by atoms with Gasteiger partial charge in [0.2, 0.25) is 0 Å². The second-order valence-corrected chi connectivity index (χ2v) is 6.12. The van der Waals surface area contributed by atoms with Crippen molar-refractivity contribution >= 4 is 16.0 Å². The maximum Gasteiger partial charge on any atom is 0.302 e. The summed E-state index contributed by atoms with van der Waals surface area (Å²) in [5.41, 5.74) is 5.35.